The molecule has 0 aromatic heterocycles. The third-order valence-electron chi connectivity index (χ3n) is 3.75. The molecule has 31 heavy (non-hydrogen) atoms. The predicted octanol–water partition coefficient (Wildman–Crippen LogP) is 7.88. The van der Waals surface area contributed by atoms with Crippen LogP contribution in [-0.2, 0) is 28.0 Å². The molecule has 0 aliphatic rings. The molecular formula is C20H19F6O3PS. The van der Waals surface area contributed by atoms with Crippen LogP contribution < -0.4 is 4.74 Å². The quantitative estimate of drug-likeness (QED) is 0.0923. The van der Waals surface area contributed by atoms with E-state index in [-0.39, 0.29) is 0 Å². The van der Waals surface area contributed by atoms with Gasteiger partial charge in [-0.1, -0.05) is 54.6 Å². The molecule has 170 valence electrons. The number of carbonyl (C=O) groups is 1. The zero-order chi connectivity index (χ0) is 23.2. The topological polar surface area (TPSA) is 35.5 Å². The summed E-state index contributed by atoms with van der Waals surface area (Å²) >= 11 is 1.34. The zero-order valence-corrected chi connectivity index (χ0v) is 17.9. The van der Waals surface area contributed by atoms with Gasteiger partial charge in [0.15, 0.2) is 0 Å². The Morgan fingerprint density at radius 3 is 2.03 bits per heavy atom. The molecule has 3 aromatic rings. The van der Waals surface area contributed by atoms with Crippen LogP contribution >= 0.6 is 7.81 Å². The first-order valence-electron chi connectivity index (χ1n) is 8.72. The minimum absolute atomic E-state index is 0.497. The summed E-state index contributed by atoms with van der Waals surface area (Å²) in [6, 6.07) is 22.5. The summed E-state index contributed by atoms with van der Waals surface area (Å²) in [4.78, 5) is 11.1. The van der Waals surface area contributed by atoms with Crippen molar-refractivity contribution in [2.45, 2.75) is 11.5 Å². The summed E-state index contributed by atoms with van der Waals surface area (Å²) in [6.07, 6.45) is -0.697. The first-order valence-corrected chi connectivity index (χ1v) is 12.0. The number of methoxy groups -OCH3 is 1. The fourth-order valence-corrected chi connectivity index (χ4v) is 3.63. The summed E-state index contributed by atoms with van der Waals surface area (Å²) in [5.41, 5.74) is 2.59. The van der Waals surface area contributed by atoms with E-state index in [9.17, 15) is 30.0 Å². The van der Waals surface area contributed by atoms with Gasteiger partial charge in [-0.05, 0) is 34.7 Å². The van der Waals surface area contributed by atoms with Gasteiger partial charge in [-0.15, -0.1) is 0 Å². The number of halogens is 6. The summed E-state index contributed by atoms with van der Waals surface area (Å²) in [5, 5.41) is 2.61. The van der Waals surface area contributed by atoms with Crippen molar-refractivity contribution in [2.24, 2.45) is 0 Å². The van der Waals surface area contributed by atoms with Crippen molar-refractivity contribution in [2.75, 3.05) is 7.11 Å². The molecule has 11 heteroatoms. The second-order valence-corrected chi connectivity index (χ2v) is 9.33. The Morgan fingerprint density at radius 1 is 0.839 bits per heavy atom. The molecule has 0 atom stereocenters. The molecule has 0 unspecified atom stereocenters. The van der Waals surface area contributed by atoms with Crippen LogP contribution in [0.15, 0.2) is 66.7 Å². The summed E-state index contributed by atoms with van der Waals surface area (Å²) in [7, 11) is -9.36. The van der Waals surface area contributed by atoms with Crippen LogP contribution in [0.1, 0.15) is 11.1 Å². The molecule has 0 saturated carbocycles. The van der Waals surface area contributed by atoms with Gasteiger partial charge >= 0.3 is 39.1 Å². The van der Waals surface area contributed by atoms with Gasteiger partial charge in [0.2, 0.25) is 0 Å². The molecular weight excluding hydrogens is 465 g/mol. The van der Waals surface area contributed by atoms with Crippen molar-refractivity contribution >= 4 is 36.5 Å². The van der Waals surface area contributed by atoms with E-state index in [0.717, 1.165) is 11.5 Å². The molecule has 3 aromatic carbocycles. The van der Waals surface area contributed by atoms with E-state index in [2.05, 4.69) is 47.2 Å². The zero-order valence-electron chi connectivity index (χ0n) is 16.2. The van der Waals surface area contributed by atoms with Gasteiger partial charge in [-0.2, -0.15) is 0 Å². The van der Waals surface area contributed by atoms with E-state index < -0.39 is 14.0 Å². The number of thiol groups is 1. The fraction of sp³-hybridized carbons (Fsp3) is 0.150. The van der Waals surface area contributed by atoms with Crippen molar-refractivity contribution in [3.8, 4) is 5.75 Å². The van der Waals surface area contributed by atoms with E-state index in [1.165, 1.54) is 40.8 Å². The minimum atomic E-state index is -10.7. The Balaban J connectivity index is 0.000000423. The molecule has 0 spiro atoms. The van der Waals surface area contributed by atoms with Crippen LogP contribution in [0.3, 0.4) is 0 Å². The molecule has 0 fully saturated rings. The van der Waals surface area contributed by atoms with Gasteiger partial charge < -0.3 is 9.47 Å². The maximum absolute atomic E-state index is 11.1. The second-order valence-electron chi connectivity index (χ2n) is 6.34. The number of ether oxygens (including phenoxy) is 2. The average molecular weight is 484 g/mol. The maximum atomic E-state index is 11.1. The average Bonchev–Trinajstić information content (AvgIpc) is 2.67. The van der Waals surface area contributed by atoms with Crippen molar-refractivity contribution in [3.63, 3.8) is 0 Å². The number of rotatable bonds is 5. The van der Waals surface area contributed by atoms with E-state index in [1.54, 1.807) is 12.1 Å². The predicted molar refractivity (Wildman–Crippen MR) is 113 cm³/mol. The molecule has 0 saturated heterocycles. The standard InChI is InChI=1S/C20H18O3S.F6P/c1-22-20(21)23-18-11-9-15(10-12-18)13-24-14-17-7-4-6-16-5-2-3-8-19(16)17;1-7(2,3,4,5)6/h2-12H,13-14H2,1H3;/q;-1/p+1. The Kier molecular flexibility index (Phi) is 7.17. The van der Waals surface area contributed by atoms with Gasteiger partial charge in [-0.25, -0.2) is 4.79 Å². The molecule has 0 bridgehead atoms. The van der Waals surface area contributed by atoms with E-state index >= 15 is 0 Å². The van der Waals surface area contributed by atoms with Gasteiger partial charge in [0.25, 0.3) is 0 Å². The number of hydrogen-bond acceptors (Lipinski definition) is 3. The number of hydrogen-bond donors (Lipinski definition) is 0. The first kappa shape index (κ1) is 24.8. The van der Waals surface area contributed by atoms with Crippen molar-refractivity contribution in [3.05, 3.63) is 77.9 Å². The number of benzene rings is 3. The fourth-order valence-electron chi connectivity index (χ4n) is 2.54. The van der Waals surface area contributed by atoms with Gasteiger partial charge in [0, 0.05) is 11.1 Å². The van der Waals surface area contributed by atoms with Gasteiger partial charge in [-0.3, -0.25) is 0 Å². The van der Waals surface area contributed by atoms with Gasteiger partial charge in [0.05, 0.1) is 7.11 Å². The molecule has 0 aliphatic carbocycles. The number of fused-ring (bicyclic) bond motifs is 1. The second kappa shape index (κ2) is 8.96. The Labute approximate surface area is 178 Å². The van der Waals surface area contributed by atoms with Crippen molar-refractivity contribution < 1.29 is 39.4 Å². The Hall–Kier alpha value is -2.45. The van der Waals surface area contributed by atoms with Crippen LogP contribution in [0, 0.1) is 0 Å². The Bertz CT molecular complexity index is 1020. The van der Waals surface area contributed by atoms with Crippen LogP contribution in [0.4, 0.5) is 30.0 Å². The van der Waals surface area contributed by atoms with Crippen LogP contribution in [0.2, 0.25) is 0 Å². The first-order chi connectivity index (χ1) is 14.2. The Morgan fingerprint density at radius 2 is 1.42 bits per heavy atom. The summed E-state index contributed by atoms with van der Waals surface area (Å²) in [6.45, 7) is 0. The number of carbonyl (C=O) groups excluding carboxylic acids is 1. The SMILES string of the molecule is COC(=O)Oc1ccc(C[SH+]Cc2cccc3ccccc23)cc1.F[P-](F)(F)(F)(F)F. The summed E-state index contributed by atoms with van der Waals surface area (Å²) < 4.78 is 68.6. The molecule has 3 nitrogen and oxygen atoms in total. The van der Waals surface area contributed by atoms with Crippen LogP contribution in [0.5, 0.6) is 5.75 Å². The van der Waals surface area contributed by atoms with Crippen molar-refractivity contribution in [1.82, 2.24) is 0 Å². The van der Waals surface area contributed by atoms with E-state index in [0.29, 0.717) is 5.75 Å². The third-order valence-corrected chi connectivity index (χ3v) is 4.90. The van der Waals surface area contributed by atoms with E-state index in [4.69, 9.17) is 4.74 Å². The molecule has 0 amide bonds. The molecule has 0 aliphatic heterocycles. The van der Waals surface area contributed by atoms with Gasteiger partial charge in [0.1, 0.15) is 17.3 Å². The molecule has 0 radical (unpaired) electrons. The molecule has 0 N–H and O–H groups in total. The molecule has 0 heterocycles. The molecule has 3 rings (SSSR count). The summed E-state index contributed by atoms with van der Waals surface area (Å²) in [5.74, 6) is 2.47. The van der Waals surface area contributed by atoms with Crippen LogP contribution in [-0.4, -0.2) is 13.3 Å². The van der Waals surface area contributed by atoms with E-state index in [1.807, 2.05) is 12.1 Å². The monoisotopic (exact) mass is 484 g/mol. The van der Waals surface area contributed by atoms with Crippen LogP contribution in [0.25, 0.3) is 10.8 Å². The van der Waals surface area contributed by atoms with Crippen molar-refractivity contribution in [1.29, 1.82) is 0 Å². The normalized spacial score (nSPS) is 13.4. The third kappa shape index (κ3) is 10.9.